The molecule has 0 aliphatic heterocycles. The summed E-state index contributed by atoms with van der Waals surface area (Å²) in [5, 5.41) is 20.6. The number of carboxylic acid groups (broad SMARTS) is 1. The molecule has 13 heteroatoms. The minimum Gasteiger partial charge on any atom is -0.465 e. The second kappa shape index (κ2) is 9.80. The van der Waals surface area contributed by atoms with E-state index in [-0.39, 0.29) is 28.3 Å². The first-order valence-corrected chi connectivity index (χ1v) is 9.40. The standard InChI is InChI=1S/C20H18F2N6O5/c1-10-13(24-19(30)31)6-7-14(23-10)16-17(28(2)27-26-16)18(29)25-20(32)33-15(9-21)11-4-3-5-12(22)8-11/h3-8,15,24H,9H2,1-2H3,(H,30,31)(H,25,29,32). The van der Waals surface area contributed by atoms with Crippen LogP contribution in [-0.4, -0.2) is 49.9 Å². The van der Waals surface area contributed by atoms with Crippen LogP contribution in [0.5, 0.6) is 0 Å². The number of nitrogens with zero attached hydrogens (tertiary/aromatic N) is 4. The van der Waals surface area contributed by atoms with Crippen molar-refractivity contribution >= 4 is 23.8 Å². The normalized spacial score (nSPS) is 11.5. The van der Waals surface area contributed by atoms with E-state index >= 15 is 0 Å². The Kier molecular flexibility index (Phi) is 6.91. The number of halogens is 2. The maximum atomic E-state index is 13.4. The maximum Gasteiger partial charge on any atom is 0.414 e. The van der Waals surface area contributed by atoms with Crippen LogP contribution < -0.4 is 10.6 Å². The van der Waals surface area contributed by atoms with Crippen molar-refractivity contribution in [2.24, 2.45) is 7.05 Å². The molecule has 172 valence electrons. The monoisotopic (exact) mass is 460 g/mol. The average molecular weight is 460 g/mol. The smallest absolute Gasteiger partial charge is 0.414 e. The fourth-order valence-electron chi connectivity index (χ4n) is 2.93. The van der Waals surface area contributed by atoms with Gasteiger partial charge in [0.05, 0.1) is 17.1 Å². The van der Waals surface area contributed by atoms with Crippen LogP contribution in [-0.2, 0) is 11.8 Å². The summed E-state index contributed by atoms with van der Waals surface area (Å²) >= 11 is 0. The Morgan fingerprint density at radius 1 is 1.24 bits per heavy atom. The summed E-state index contributed by atoms with van der Waals surface area (Å²) in [6.45, 7) is 0.412. The van der Waals surface area contributed by atoms with E-state index < -0.39 is 36.7 Å². The fraction of sp³-hybridized carbons (Fsp3) is 0.200. The first-order valence-electron chi connectivity index (χ1n) is 9.40. The second-order valence-corrected chi connectivity index (χ2v) is 6.73. The molecule has 2 heterocycles. The van der Waals surface area contributed by atoms with E-state index in [1.54, 1.807) is 6.92 Å². The van der Waals surface area contributed by atoms with Crippen LogP contribution in [0.25, 0.3) is 11.4 Å². The molecule has 0 saturated heterocycles. The summed E-state index contributed by atoms with van der Waals surface area (Å²) in [5.74, 6) is -1.59. The zero-order valence-corrected chi connectivity index (χ0v) is 17.4. The number of imide groups is 1. The second-order valence-electron chi connectivity index (χ2n) is 6.73. The van der Waals surface area contributed by atoms with Crippen molar-refractivity contribution in [3.8, 4) is 11.4 Å². The first kappa shape index (κ1) is 23.2. The van der Waals surface area contributed by atoms with Gasteiger partial charge in [-0.1, -0.05) is 17.3 Å². The number of hydrogen-bond donors (Lipinski definition) is 3. The summed E-state index contributed by atoms with van der Waals surface area (Å²) in [6.07, 6.45) is -3.95. The van der Waals surface area contributed by atoms with Gasteiger partial charge in [-0.2, -0.15) is 0 Å². The van der Waals surface area contributed by atoms with Crippen LogP contribution in [0.4, 0.5) is 24.1 Å². The van der Waals surface area contributed by atoms with E-state index in [0.29, 0.717) is 5.69 Å². The van der Waals surface area contributed by atoms with Gasteiger partial charge in [0.2, 0.25) is 0 Å². The Morgan fingerprint density at radius 3 is 2.64 bits per heavy atom. The number of aromatic nitrogens is 4. The van der Waals surface area contributed by atoms with Crippen LogP contribution in [0.15, 0.2) is 36.4 Å². The van der Waals surface area contributed by atoms with Crippen LogP contribution in [0.1, 0.15) is 27.8 Å². The van der Waals surface area contributed by atoms with Gasteiger partial charge < -0.3 is 9.84 Å². The molecule has 1 atom stereocenters. The zero-order valence-electron chi connectivity index (χ0n) is 17.4. The SMILES string of the molecule is Cc1nc(-c2nnn(C)c2C(=O)NC(=O)OC(CF)c2cccc(F)c2)ccc1NC(=O)O. The van der Waals surface area contributed by atoms with E-state index in [2.05, 4.69) is 20.6 Å². The maximum absolute atomic E-state index is 13.4. The summed E-state index contributed by atoms with van der Waals surface area (Å²) in [6, 6.07) is 7.72. The van der Waals surface area contributed by atoms with Gasteiger partial charge in [0.15, 0.2) is 11.8 Å². The van der Waals surface area contributed by atoms with Gasteiger partial charge in [-0.15, -0.1) is 5.10 Å². The molecule has 0 bridgehead atoms. The number of hydrogen-bond acceptors (Lipinski definition) is 7. The fourth-order valence-corrected chi connectivity index (χ4v) is 2.93. The van der Waals surface area contributed by atoms with Crippen LogP contribution >= 0.6 is 0 Å². The summed E-state index contributed by atoms with van der Waals surface area (Å²) in [5.41, 5.74) is 0.681. The van der Waals surface area contributed by atoms with Crippen molar-refractivity contribution < 1.29 is 33.0 Å². The summed E-state index contributed by atoms with van der Waals surface area (Å²) < 4.78 is 32.8. The number of benzene rings is 1. The van der Waals surface area contributed by atoms with Crippen LogP contribution in [0, 0.1) is 12.7 Å². The van der Waals surface area contributed by atoms with E-state index in [1.807, 2.05) is 5.32 Å². The molecule has 2 aromatic heterocycles. The predicted molar refractivity (Wildman–Crippen MR) is 110 cm³/mol. The zero-order chi connectivity index (χ0) is 24.1. The summed E-state index contributed by atoms with van der Waals surface area (Å²) in [4.78, 5) is 39.9. The Balaban J connectivity index is 1.78. The number of carbonyl (C=O) groups is 3. The summed E-state index contributed by atoms with van der Waals surface area (Å²) in [7, 11) is 1.40. The molecule has 0 fully saturated rings. The molecule has 0 saturated carbocycles. The molecule has 1 aromatic carbocycles. The first-order chi connectivity index (χ1) is 15.7. The number of rotatable bonds is 6. The molecule has 0 aliphatic rings. The lowest BCUT2D eigenvalue weighted by Gasteiger charge is -2.15. The van der Waals surface area contributed by atoms with Crippen molar-refractivity contribution in [3.05, 3.63) is 59.2 Å². The third-order valence-electron chi connectivity index (χ3n) is 4.44. The van der Waals surface area contributed by atoms with Gasteiger partial charge in [-0.3, -0.25) is 15.4 Å². The quantitative estimate of drug-likeness (QED) is 0.508. The highest BCUT2D eigenvalue weighted by Crippen LogP contribution is 2.23. The van der Waals surface area contributed by atoms with Gasteiger partial charge in [0.25, 0.3) is 5.91 Å². The molecule has 33 heavy (non-hydrogen) atoms. The lowest BCUT2D eigenvalue weighted by molar-refractivity contribution is 0.0728. The molecule has 11 nitrogen and oxygen atoms in total. The van der Waals surface area contributed by atoms with Crippen molar-refractivity contribution in [2.45, 2.75) is 13.0 Å². The van der Waals surface area contributed by atoms with Crippen molar-refractivity contribution in [1.82, 2.24) is 25.3 Å². The van der Waals surface area contributed by atoms with E-state index in [1.165, 1.54) is 31.3 Å². The van der Waals surface area contributed by atoms with Crippen LogP contribution in [0.2, 0.25) is 0 Å². The van der Waals surface area contributed by atoms with Crippen molar-refractivity contribution in [3.63, 3.8) is 0 Å². The number of nitrogens with one attached hydrogen (secondary N) is 2. The van der Waals surface area contributed by atoms with Crippen LogP contribution in [0.3, 0.4) is 0 Å². The van der Waals surface area contributed by atoms with E-state index in [4.69, 9.17) is 9.84 Å². The Bertz CT molecular complexity index is 1220. The highest BCUT2D eigenvalue weighted by molar-refractivity contribution is 6.05. The highest BCUT2D eigenvalue weighted by atomic mass is 19.1. The number of alkyl carbamates (subject to hydrolysis) is 1. The number of aryl methyl sites for hydroxylation is 2. The van der Waals surface area contributed by atoms with Gasteiger partial charge in [0, 0.05) is 7.05 Å². The topological polar surface area (TPSA) is 148 Å². The van der Waals surface area contributed by atoms with E-state index in [9.17, 15) is 23.2 Å². The van der Waals surface area contributed by atoms with Gasteiger partial charge in [0.1, 0.15) is 18.2 Å². The number of anilines is 1. The Morgan fingerprint density at radius 2 is 2.00 bits per heavy atom. The average Bonchev–Trinajstić information content (AvgIpc) is 3.14. The minimum atomic E-state index is -1.42. The van der Waals surface area contributed by atoms with E-state index in [0.717, 1.165) is 16.8 Å². The molecular formula is C20H18F2N6O5. The predicted octanol–water partition coefficient (Wildman–Crippen LogP) is 2.99. The molecular weight excluding hydrogens is 442 g/mol. The molecule has 3 N–H and O–H groups in total. The number of carbonyl (C=O) groups excluding carboxylic acids is 2. The Labute approximate surface area is 185 Å². The van der Waals surface area contributed by atoms with Gasteiger partial charge >= 0.3 is 12.2 Å². The van der Waals surface area contributed by atoms with Crippen molar-refractivity contribution in [1.29, 1.82) is 0 Å². The van der Waals surface area contributed by atoms with Gasteiger partial charge in [-0.05, 0) is 36.8 Å². The Hall–Kier alpha value is -4.42. The number of amides is 3. The lowest BCUT2D eigenvalue weighted by atomic mass is 10.1. The highest BCUT2D eigenvalue weighted by Gasteiger charge is 2.25. The molecule has 3 aromatic rings. The van der Waals surface area contributed by atoms with Crippen molar-refractivity contribution in [2.75, 3.05) is 12.0 Å². The number of pyridine rings is 1. The number of ether oxygens (including phenoxy) is 1. The number of alkyl halides is 1. The molecule has 3 amide bonds. The molecule has 1 unspecified atom stereocenters. The molecule has 0 radical (unpaired) electrons. The minimum absolute atomic E-state index is 0.0138. The molecule has 0 spiro atoms. The largest absolute Gasteiger partial charge is 0.465 e. The molecule has 0 aliphatic carbocycles. The lowest BCUT2D eigenvalue weighted by Crippen LogP contribution is -2.34. The molecule has 3 rings (SSSR count). The third kappa shape index (κ3) is 5.44. The van der Waals surface area contributed by atoms with Gasteiger partial charge in [-0.25, -0.2) is 28.0 Å². The third-order valence-corrected chi connectivity index (χ3v) is 4.44.